The number of esters is 1. The number of ether oxygens (including phenoxy) is 3. The van der Waals surface area contributed by atoms with Crippen LogP contribution in [-0.4, -0.2) is 23.8 Å². The van der Waals surface area contributed by atoms with Crippen molar-refractivity contribution in [3.8, 4) is 17.6 Å². The Bertz CT molecular complexity index is 1990. The Morgan fingerprint density at radius 3 is 2.57 bits per heavy atom. The predicted octanol–water partition coefficient (Wildman–Crippen LogP) is 5.91. The summed E-state index contributed by atoms with van der Waals surface area (Å²) >= 11 is 10.0. The summed E-state index contributed by atoms with van der Waals surface area (Å²) in [5.41, 5.74) is 3.29. The van der Waals surface area contributed by atoms with Crippen LogP contribution in [-0.2, 0) is 16.1 Å². The van der Waals surface area contributed by atoms with E-state index >= 15 is 0 Å². The number of rotatable bonds is 9. The number of allylic oxidation sites excluding steroid dienone is 1. The summed E-state index contributed by atoms with van der Waals surface area (Å²) in [6.45, 7) is 6.26. The molecular weight excluding hydrogens is 713 g/mol. The lowest BCUT2D eigenvalue weighted by atomic mass is 9.96. The zero-order valence-electron chi connectivity index (χ0n) is 24.1. The largest absolute Gasteiger partial charge is 0.490 e. The highest BCUT2D eigenvalue weighted by Gasteiger charge is 2.34. The van der Waals surface area contributed by atoms with Crippen LogP contribution >= 0.6 is 45.5 Å². The van der Waals surface area contributed by atoms with Gasteiger partial charge in [0.25, 0.3) is 5.56 Å². The first-order valence-corrected chi connectivity index (χ1v) is 16.0. The summed E-state index contributed by atoms with van der Waals surface area (Å²) in [5.74, 6) is 0.589. The number of aromatic nitrogens is 1. The number of halogens is 2. The molecule has 8 nitrogen and oxygen atoms in total. The van der Waals surface area contributed by atoms with Crippen molar-refractivity contribution in [2.45, 2.75) is 33.4 Å². The second-order valence-electron chi connectivity index (χ2n) is 9.68. The minimum Gasteiger partial charge on any atom is -0.490 e. The van der Waals surface area contributed by atoms with Gasteiger partial charge in [0.05, 0.1) is 44.2 Å². The molecule has 0 aliphatic carbocycles. The molecule has 0 saturated heterocycles. The highest BCUT2D eigenvalue weighted by atomic mass is 127. The fraction of sp³-hybridized carbons (Fsp3) is 0.212. The minimum absolute atomic E-state index is 0.184. The average molecular weight is 740 g/mol. The predicted molar refractivity (Wildman–Crippen MR) is 178 cm³/mol. The second kappa shape index (κ2) is 13.8. The van der Waals surface area contributed by atoms with E-state index in [1.54, 1.807) is 50.3 Å². The maximum Gasteiger partial charge on any atom is 0.338 e. The van der Waals surface area contributed by atoms with Gasteiger partial charge in [0.15, 0.2) is 16.3 Å². The highest BCUT2D eigenvalue weighted by molar-refractivity contribution is 14.1. The molecule has 1 aromatic heterocycles. The van der Waals surface area contributed by atoms with Crippen LogP contribution < -0.4 is 24.4 Å². The van der Waals surface area contributed by atoms with Gasteiger partial charge in [0, 0.05) is 5.02 Å². The minimum atomic E-state index is -0.793. The normalized spacial score (nSPS) is 14.5. The van der Waals surface area contributed by atoms with Gasteiger partial charge < -0.3 is 14.2 Å². The quantitative estimate of drug-likeness (QED) is 0.156. The SMILES string of the molecule is CCOC(=O)C1=C(C)N=c2s/c(=C\c3cc(I)c(OCc4ccc(C#N)cc4)c(OCC)c3)c(=O)n2[C@H]1c1ccccc1Cl. The van der Waals surface area contributed by atoms with Gasteiger partial charge in [-0.3, -0.25) is 9.36 Å². The molecule has 3 aromatic carbocycles. The van der Waals surface area contributed by atoms with E-state index < -0.39 is 12.0 Å². The van der Waals surface area contributed by atoms with E-state index in [0.717, 1.165) is 14.7 Å². The zero-order valence-corrected chi connectivity index (χ0v) is 27.8. The third-order valence-corrected chi connectivity index (χ3v) is 8.94. The molecule has 0 fully saturated rings. The molecule has 1 atom stereocenters. The molecule has 44 heavy (non-hydrogen) atoms. The topological polar surface area (TPSA) is 103 Å². The third-order valence-electron chi connectivity index (χ3n) is 6.81. The number of benzene rings is 3. The van der Waals surface area contributed by atoms with Crippen LogP contribution in [0.15, 0.2) is 81.7 Å². The maximum atomic E-state index is 14.0. The second-order valence-corrected chi connectivity index (χ2v) is 12.3. The van der Waals surface area contributed by atoms with E-state index in [4.69, 9.17) is 31.1 Å². The third kappa shape index (κ3) is 6.45. The van der Waals surface area contributed by atoms with E-state index in [1.807, 2.05) is 37.3 Å². The molecule has 0 radical (unpaired) electrons. The van der Waals surface area contributed by atoms with Crippen molar-refractivity contribution < 1.29 is 19.0 Å². The van der Waals surface area contributed by atoms with Crippen molar-refractivity contribution in [1.29, 1.82) is 5.26 Å². The number of thiazole rings is 1. The van der Waals surface area contributed by atoms with Crippen LogP contribution in [0.3, 0.4) is 0 Å². The lowest BCUT2D eigenvalue weighted by Gasteiger charge is -2.25. The van der Waals surface area contributed by atoms with Gasteiger partial charge in [-0.15, -0.1) is 0 Å². The molecule has 1 aliphatic heterocycles. The Hall–Kier alpha value is -3.92. The van der Waals surface area contributed by atoms with Gasteiger partial charge in [-0.2, -0.15) is 5.26 Å². The number of carbonyl (C=O) groups excluding carboxylic acids is 1. The van der Waals surface area contributed by atoms with E-state index in [9.17, 15) is 9.59 Å². The first kappa shape index (κ1) is 31.5. The van der Waals surface area contributed by atoms with Crippen molar-refractivity contribution in [2.24, 2.45) is 4.99 Å². The molecule has 5 rings (SSSR count). The smallest absolute Gasteiger partial charge is 0.338 e. The van der Waals surface area contributed by atoms with Crippen molar-refractivity contribution in [1.82, 2.24) is 4.57 Å². The summed E-state index contributed by atoms with van der Waals surface area (Å²) in [5, 5.41) is 9.48. The molecule has 0 spiro atoms. The van der Waals surface area contributed by atoms with Gasteiger partial charge in [0.2, 0.25) is 0 Å². The highest BCUT2D eigenvalue weighted by Crippen LogP contribution is 2.36. The van der Waals surface area contributed by atoms with Crippen molar-refractivity contribution in [3.63, 3.8) is 0 Å². The Morgan fingerprint density at radius 2 is 1.89 bits per heavy atom. The zero-order chi connectivity index (χ0) is 31.4. The molecule has 0 amide bonds. The van der Waals surface area contributed by atoms with Gasteiger partial charge in [-0.25, -0.2) is 9.79 Å². The monoisotopic (exact) mass is 739 g/mol. The average Bonchev–Trinajstić information content (AvgIpc) is 3.30. The van der Waals surface area contributed by atoms with E-state index in [1.165, 1.54) is 15.9 Å². The molecule has 2 heterocycles. The van der Waals surface area contributed by atoms with Crippen LogP contribution in [0.4, 0.5) is 0 Å². The number of hydrogen-bond acceptors (Lipinski definition) is 8. The van der Waals surface area contributed by atoms with Crippen LogP contribution in [0.25, 0.3) is 6.08 Å². The van der Waals surface area contributed by atoms with E-state index in [-0.39, 0.29) is 17.7 Å². The molecule has 4 aromatic rings. The van der Waals surface area contributed by atoms with Crippen LogP contribution in [0.2, 0.25) is 5.02 Å². The first-order valence-electron chi connectivity index (χ1n) is 13.8. The molecule has 0 bridgehead atoms. The van der Waals surface area contributed by atoms with Gasteiger partial charge in [-0.1, -0.05) is 53.3 Å². The lowest BCUT2D eigenvalue weighted by Crippen LogP contribution is -2.40. The fourth-order valence-corrected chi connectivity index (χ4v) is 6.91. The summed E-state index contributed by atoms with van der Waals surface area (Å²) in [7, 11) is 0. The van der Waals surface area contributed by atoms with Gasteiger partial charge in [0.1, 0.15) is 12.6 Å². The molecule has 224 valence electrons. The van der Waals surface area contributed by atoms with E-state index in [0.29, 0.717) is 55.9 Å². The molecule has 1 aliphatic rings. The van der Waals surface area contributed by atoms with Gasteiger partial charge >= 0.3 is 5.97 Å². The number of nitrogens with zero attached hydrogens (tertiary/aromatic N) is 3. The number of nitriles is 1. The standard InChI is InChI=1S/C33H27ClIN3O5S/c1-4-41-26-15-22(14-25(35)30(26)43-18-21-12-10-20(17-36)11-13-21)16-27-31(39)38-29(23-8-6-7-9-24(23)34)28(32(40)42-5-2)19(3)37-33(38)44-27/h6-16,29H,4-5,18H2,1-3H3/b27-16-/t29-/m0/s1. The van der Waals surface area contributed by atoms with Crippen LogP contribution in [0.5, 0.6) is 11.5 Å². The van der Waals surface area contributed by atoms with Gasteiger partial charge in [-0.05, 0) is 96.5 Å². The van der Waals surface area contributed by atoms with E-state index in [2.05, 4.69) is 33.7 Å². The van der Waals surface area contributed by atoms with Crippen LogP contribution in [0, 0.1) is 14.9 Å². The summed E-state index contributed by atoms with van der Waals surface area (Å²) in [6.07, 6.45) is 1.78. The maximum absolute atomic E-state index is 14.0. The summed E-state index contributed by atoms with van der Waals surface area (Å²) in [6, 6.07) is 19.4. The Labute approximate surface area is 276 Å². The lowest BCUT2D eigenvalue weighted by molar-refractivity contribution is -0.139. The molecule has 11 heteroatoms. The molecule has 0 unspecified atom stereocenters. The Balaban J connectivity index is 1.57. The summed E-state index contributed by atoms with van der Waals surface area (Å²) < 4.78 is 20.2. The molecule has 0 saturated carbocycles. The number of fused-ring (bicyclic) bond motifs is 1. The summed E-state index contributed by atoms with van der Waals surface area (Å²) in [4.78, 5) is 32.2. The van der Waals surface area contributed by atoms with Crippen molar-refractivity contribution in [3.05, 3.63) is 122 Å². The first-order chi connectivity index (χ1) is 21.2. The molecular formula is C33H27ClIN3O5S. The molecule has 0 N–H and O–H groups in total. The fourth-order valence-electron chi connectivity index (χ4n) is 4.84. The number of hydrogen-bond donors (Lipinski definition) is 0. The Morgan fingerprint density at radius 1 is 1.14 bits per heavy atom. The Kier molecular flexibility index (Phi) is 9.88. The van der Waals surface area contributed by atoms with Crippen LogP contribution in [0.1, 0.15) is 49.1 Å². The van der Waals surface area contributed by atoms with Crippen molar-refractivity contribution in [2.75, 3.05) is 13.2 Å². The van der Waals surface area contributed by atoms with Crippen molar-refractivity contribution >= 4 is 57.6 Å². The number of carbonyl (C=O) groups is 1.